The van der Waals surface area contributed by atoms with Gasteiger partial charge in [-0.3, -0.25) is 9.59 Å². The van der Waals surface area contributed by atoms with E-state index in [1.807, 2.05) is 6.92 Å². The van der Waals surface area contributed by atoms with Crippen LogP contribution in [0, 0.1) is 11.8 Å². The number of hydrogen-bond acceptors (Lipinski definition) is 5. The second kappa shape index (κ2) is 6.89. The lowest BCUT2D eigenvalue weighted by Crippen LogP contribution is -2.62. The van der Waals surface area contributed by atoms with Crippen LogP contribution in [0.4, 0.5) is 0 Å². The Morgan fingerprint density at radius 3 is 2.71 bits per heavy atom. The molecular weight excluding hydrogens is 274 g/mol. The summed E-state index contributed by atoms with van der Waals surface area (Å²) in [5, 5.41) is 8.52. The minimum Gasteiger partial charge on any atom is -0.467 e. The highest BCUT2D eigenvalue weighted by Crippen LogP contribution is 2.19. The normalized spacial score (nSPS) is 29.2. The van der Waals surface area contributed by atoms with Crippen molar-refractivity contribution in [1.29, 1.82) is 0 Å². The van der Waals surface area contributed by atoms with Gasteiger partial charge < -0.3 is 20.7 Å². The summed E-state index contributed by atoms with van der Waals surface area (Å²) in [5.74, 6) is -0.701. The summed E-state index contributed by atoms with van der Waals surface area (Å²) in [4.78, 5) is 35.6. The minimum atomic E-state index is -0.767. The van der Waals surface area contributed by atoms with Crippen LogP contribution < -0.4 is 16.0 Å². The van der Waals surface area contributed by atoms with Crippen molar-refractivity contribution in [3.05, 3.63) is 0 Å². The van der Waals surface area contributed by atoms with Crippen molar-refractivity contribution in [2.45, 2.75) is 38.3 Å². The third kappa shape index (κ3) is 3.53. The summed E-state index contributed by atoms with van der Waals surface area (Å²) >= 11 is 0. The zero-order valence-electron chi connectivity index (χ0n) is 12.5. The summed E-state index contributed by atoms with van der Waals surface area (Å²) in [5.41, 5.74) is 0. The number of amides is 2. The Labute approximate surface area is 124 Å². The average Bonchev–Trinajstić information content (AvgIpc) is 2.82. The fourth-order valence-electron chi connectivity index (χ4n) is 2.86. The maximum absolute atomic E-state index is 12.2. The standard InChI is InChI=1S/C14H23N3O4/c1-3-8-7-16-11(8)13(19)17-10(14(20)21-2)6-9-4-5-15-12(9)18/h8-11,16H,3-7H2,1-2H3,(H,15,18)(H,17,19)/t8?,9-,10-,11?/m0/s1. The molecule has 2 unspecified atom stereocenters. The molecule has 2 amide bonds. The predicted molar refractivity (Wildman–Crippen MR) is 75.3 cm³/mol. The van der Waals surface area contributed by atoms with Crippen molar-refractivity contribution < 1.29 is 19.1 Å². The number of hydrogen-bond donors (Lipinski definition) is 3. The summed E-state index contributed by atoms with van der Waals surface area (Å²) in [6.07, 6.45) is 1.88. The van der Waals surface area contributed by atoms with E-state index in [1.54, 1.807) is 0 Å². The van der Waals surface area contributed by atoms with Gasteiger partial charge in [0.25, 0.3) is 0 Å². The fraction of sp³-hybridized carbons (Fsp3) is 0.786. The van der Waals surface area contributed by atoms with E-state index >= 15 is 0 Å². The Morgan fingerprint density at radius 1 is 1.48 bits per heavy atom. The van der Waals surface area contributed by atoms with Gasteiger partial charge in [0, 0.05) is 19.0 Å². The molecule has 7 heteroatoms. The molecule has 0 aromatic heterocycles. The number of ether oxygens (including phenoxy) is 1. The topological polar surface area (TPSA) is 96.5 Å². The van der Waals surface area contributed by atoms with Crippen LogP contribution in [0.15, 0.2) is 0 Å². The van der Waals surface area contributed by atoms with Crippen LogP contribution >= 0.6 is 0 Å². The highest BCUT2D eigenvalue weighted by Gasteiger charge is 2.38. The molecule has 0 bridgehead atoms. The molecule has 3 N–H and O–H groups in total. The zero-order valence-corrected chi connectivity index (χ0v) is 12.5. The van der Waals surface area contributed by atoms with Crippen LogP contribution in [0.25, 0.3) is 0 Å². The lowest BCUT2D eigenvalue weighted by molar-refractivity contribution is -0.146. The smallest absolute Gasteiger partial charge is 0.328 e. The second-order valence-corrected chi connectivity index (χ2v) is 5.65. The molecule has 7 nitrogen and oxygen atoms in total. The molecule has 4 atom stereocenters. The van der Waals surface area contributed by atoms with E-state index in [1.165, 1.54) is 7.11 Å². The van der Waals surface area contributed by atoms with Crippen LogP contribution in [0.5, 0.6) is 0 Å². The van der Waals surface area contributed by atoms with Gasteiger partial charge in [-0.2, -0.15) is 0 Å². The first kappa shape index (κ1) is 15.8. The fourth-order valence-corrected chi connectivity index (χ4v) is 2.86. The second-order valence-electron chi connectivity index (χ2n) is 5.65. The maximum Gasteiger partial charge on any atom is 0.328 e. The number of methoxy groups -OCH3 is 1. The van der Waals surface area contributed by atoms with Crippen molar-refractivity contribution in [2.75, 3.05) is 20.2 Å². The molecule has 2 saturated heterocycles. The third-order valence-corrected chi connectivity index (χ3v) is 4.36. The molecule has 0 spiro atoms. The molecule has 21 heavy (non-hydrogen) atoms. The Balaban J connectivity index is 1.94. The number of carbonyl (C=O) groups is 3. The minimum absolute atomic E-state index is 0.0636. The van der Waals surface area contributed by atoms with Gasteiger partial charge in [0.1, 0.15) is 6.04 Å². The lowest BCUT2D eigenvalue weighted by Gasteiger charge is -2.37. The quantitative estimate of drug-likeness (QED) is 0.556. The molecule has 2 aliphatic heterocycles. The Morgan fingerprint density at radius 2 is 2.24 bits per heavy atom. The largest absolute Gasteiger partial charge is 0.467 e. The van der Waals surface area contributed by atoms with Gasteiger partial charge in [-0.05, 0) is 18.8 Å². The molecule has 2 aliphatic rings. The van der Waals surface area contributed by atoms with E-state index in [4.69, 9.17) is 4.74 Å². The molecule has 118 valence electrons. The first-order valence-corrected chi connectivity index (χ1v) is 7.46. The van der Waals surface area contributed by atoms with Crippen molar-refractivity contribution in [1.82, 2.24) is 16.0 Å². The van der Waals surface area contributed by atoms with Gasteiger partial charge in [0.15, 0.2) is 0 Å². The number of esters is 1. The average molecular weight is 297 g/mol. The van der Waals surface area contributed by atoms with Crippen molar-refractivity contribution in [3.8, 4) is 0 Å². The molecule has 2 rings (SSSR count). The molecule has 0 radical (unpaired) electrons. The molecule has 0 aromatic rings. The SMILES string of the molecule is CCC1CNC1C(=O)N[C@@H](C[C@@H]1CCNC1=O)C(=O)OC. The first-order valence-electron chi connectivity index (χ1n) is 7.46. The molecule has 2 fully saturated rings. The van der Waals surface area contributed by atoms with Crippen LogP contribution in [-0.2, 0) is 19.1 Å². The number of carbonyl (C=O) groups excluding carboxylic acids is 3. The molecule has 0 aliphatic carbocycles. The summed E-state index contributed by atoms with van der Waals surface area (Å²) in [6.45, 7) is 3.47. The van der Waals surface area contributed by atoms with Gasteiger partial charge >= 0.3 is 5.97 Å². The van der Waals surface area contributed by atoms with Crippen molar-refractivity contribution in [2.24, 2.45) is 11.8 Å². The van der Waals surface area contributed by atoms with E-state index in [9.17, 15) is 14.4 Å². The van der Waals surface area contributed by atoms with Crippen molar-refractivity contribution >= 4 is 17.8 Å². The van der Waals surface area contributed by atoms with Crippen LogP contribution in [0.2, 0.25) is 0 Å². The predicted octanol–water partition coefficient (Wildman–Crippen LogP) is -0.832. The van der Waals surface area contributed by atoms with Crippen LogP contribution in [-0.4, -0.2) is 50.1 Å². The van der Waals surface area contributed by atoms with Gasteiger partial charge in [-0.1, -0.05) is 13.3 Å². The van der Waals surface area contributed by atoms with E-state index in [0.717, 1.165) is 13.0 Å². The highest BCUT2D eigenvalue weighted by atomic mass is 16.5. The van der Waals surface area contributed by atoms with E-state index in [-0.39, 0.29) is 30.2 Å². The van der Waals surface area contributed by atoms with Gasteiger partial charge in [-0.15, -0.1) is 0 Å². The molecule has 0 saturated carbocycles. The summed E-state index contributed by atoms with van der Waals surface area (Å²) in [6, 6.07) is -1.02. The van der Waals surface area contributed by atoms with E-state index in [2.05, 4.69) is 16.0 Å². The van der Waals surface area contributed by atoms with E-state index < -0.39 is 12.0 Å². The molecule has 2 heterocycles. The number of rotatable bonds is 6. The third-order valence-electron chi connectivity index (χ3n) is 4.36. The lowest BCUT2D eigenvalue weighted by atomic mass is 9.88. The highest BCUT2D eigenvalue weighted by molar-refractivity contribution is 5.89. The molecule has 0 aromatic carbocycles. The Bertz CT molecular complexity index is 424. The Hall–Kier alpha value is -1.63. The molecular formula is C14H23N3O4. The monoisotopic (exact) mass is 297 g/mol. The van der Waals surface area contributed by atoms with Gasteiger partial charge in [0.2, 0.25) is 11.8 Å². The summed E-state index contributed by atoms with van der Waals surface area (Å²) < 4.78 is 4.74. The zero-order chi connectivity index (χ0) is 15.4. The first-order chi connectivity index (χ1) is 10.1. The van der Waals surface area contributed by atoms with Gasteiger partial charge in [-0.25, -0.2) is 4.79 Å². The van der Waals surface area contributed by atoms with Gasteiger partial charge in [0.05, 0.1) is 13.2 Å². The van der Waals surface area contributed by atoms with Crippen LogP contribution in [0.1, 0.15) is 26.2 Å². The Kier molecular flexibility index (Phi) is 5.17. The summed E-state index contributed by atoms with van der Waals surface area (Å²) in [7, 11) is 1.28. The van der Waals surface area contributed by atoms with Crippen LogP contribution in [0.3, 0.4) is 0 Å². The number of nitrogens with one attached hydrogen (secondary N) is 3. The maximum atomic E-state index is 12.2. The van der Waals surface area contributed by atoms with Crippen molar-refractivity contribution in [3.63, 3.8) is 0 Å². The van der Waals surface area contributed by atoms with E-state index in [0.29, 0.717) is 18.9 Å².